The molecule has 2 rings (SSSR count). The van der Waals surface area contributed by atoms with Gasteiger partial charge in [0.15, 0.2) is 0 Å². The van der Waals surface area contributed by atoms with E-state index in [0.29, 0.717) is 17.3 Å². The van der Waals surface area contributed by atoms with Crippen molar-refractivity contribution in [2.75, 3.05) is 0 Å². The monoisotopic (exact) mass is 206 g/mol. The highest BCUT2D eigenvalue weighted by molar-refractivity contribution is 5.54. The predicted molar refractivity (Wildman–Crippen MR) is 62.5 cm³/mol. The molecule has 2 aliphatic rings. The van der Waals surface area contributed by atoms with Crippen LogP contribution >= 0.6 is 0 Å². The Morgan fingerprint density at radius 1 is 1.53 bits per heavy atom. The maximum Gasteiger partial charge on any atom is 0.123 e. The lowest BCUT2D eigenvalue weighted by Crippen LogP contribution is -2.36. The van der Waals surface area contributed by atoms with Crippen molar-refractivity contribution in [2.45, 2.75) is 46.0 Å². The van der Waals surface area contributed by atoms with Gasteiger partial charge >= 0.3 is 0 Å². The highest BCUT2D eigenvalue weighted by Gasteiger charge is 2.50. The first-order valence-electron chi connectivity index (χ1n) is 6.22. The summed E-state index contributed by atoms with van der Waals surface area (Å²) in [5.41, 5.74) is 1.82. The highest BCUT2D eigenvalue weighted by Crippen LogP contribution is 2.58. The Morgan fingerprint density at radius 3 is 2.93 bits per heavy atom. The molecule has 0 radical (unpaired) electrons. The molecule has 0 aromatic carbocycles. The summed E-state index contributed by atoms with van der Waals surface area (Å²) >= 11 is 0. The van der Waals surface area contributed by atoms with Crippen LogP contribution in [0.3, 0.4) is 0 Å². The summed E-state index contributed by atoms with van der Waals surface area (Å²) in [6.07, 6.45) is 7.41. The zero-order chi connectivity index (χ0) is 11.1. The Hall–Kier alpha value is -0.590. The van der Waals surface area contributed by atoms with Crippen molar-refractivity contribution >= 4 is 6.29 Å². The van der Waals surface area contributed by atoms with E-state index in [9.17, 15) is 4.79 Å². The molecule has 0 spiro atoms. The Kier molecular flexibility index (Phi) is 2.74. The highest BCUT2D eigenvalue weighted by atomic mass is 16.1. The summed E-state index contributed by atoms with van der Waals surface area (Å²) in [6.45, 7) is 8.71. The zero-order valence-electron chi connectivity index (χ0n) is 9.96. The lowest BCUT2D eigenvalue weighted by Gasteiger charge is -2.43. The van der Waals surface area contributed by atoms with Crippen LogP contribution in [0.25, 0.3) is 0 Å². The van der Waals surface area contributed by atoms with Gasteiger partial charge in [-0.2, -0.15) is 0 Å². The SMILES string of the molecule is C=C1CCC[C@@]2(C)C1CC[C@@H]2[C@@H](C)C=O. The second kappa shape index (κ2) is 3.77. The van der Waals surface area contributed by atoms with Gasteiger partial charge in [0, 0.05) is 5.92 Å². The number of hydrogen-bond donors (Lipinski definition) is 0. The Morgan fingerprint density at radius 2 is 2.27 bits per heavy atom. The Labute approximate surface area is 92.9 Å². The minimum atomic E-state index is 0.228. The van der Waals surface area contributed by atoms with Crippen LogP contribution in [0.4, 0.5) is 0 Å². The molecule has 0 bridgehead atoms. The largest absolute Gasteiger partial charge is 0.303 e. The second-order valence-corrected chi connectivity index (χ2v) is 5.75. The molecule has 84 valence electrons. The first-order chi connectivity index (χ1) is 7.09. The van der Waals surface area contributed by atoms with Crippen LogP contribution in [-0.2, 0) is 4.79 Å². The third kappa shape index (κ3) is 1.56. The average Bonchev–Trinajstić information content (AvgIpc) is 2.56. The van der Waals surface area contributed by atoms with Gasteiger partial charge in [-0.25, -0.2) is 0 Å². The van der Waals surface area contributed by atoms with E-state index in [0.717, 1.165) is 6.29 Å². The first kappa shape index (κ1) is 10.9. The summed E-state index contributed by atoms with van der Waals surface area (Å²) in [4.78, 5) is 11.0. The smallest absolute Gasteiger partial charge is 0.123 e. The van der Waals surface area contributed by atoms with Crippen LogP contribution in [0, 0.1) is 23.2 Å². The number of rotatable bonds is 2. The lowest BCUT2D eigenvalue weighted by molar-refractivity contribution is -0.113. The van der Waals surface area contributed by atoms with Gasteiger partial charge in [0.2, 0.25) is 0 Å². The summed E-state index contributed by atoms with van der Waals surface area (Å²) in [5.74, 6) is 1.52. The van der Waals surface area contributed by atoms with Gasteiger partial charge in [-0.1, -0.05) is 26.0 Å². The molecular formula is C14H22O. The molecule has 0 aliphatic heterocycles. The van der Waals surface area contributed by atoms with Crippen molar-refractivity contribution < 1.29 is 4.79 Å². The molecule has 1 nitrogen and oxygen atoms in total. The minimum Gasteiger partial charge on any atom is -0.303 e. The normalized spacial score (nSPS) is 42.4. The van der Waals surface area contributed by atoms with Crippen LogP contribution in [0.5, 0.6) is 0 Å². The van der Waals surface area contributed by atoms with E-state index in [-0.39, 0.29) is 5.92 Å². The fourth-order valence-corrected chi connectivity index (χ4v) is 4.12. The summed E-state index contributed by atoms with van der Waals surface area (Å²) in [7, 11) is 0. The second-order valence-electron chi connectivity index (χ2n) is 5.75. The molecule has 0 saturated heterocycles. The topological polar surface area (TPSA) is 17.1 Å². The van der Waals surface area contributed by atoms with Gasteiger partial charge < -0.3 is 4.79 Å². The van der Waals surface area contributed by atoms with E-state index < -0.39 is 0 Å². The lowest BCUT2D eigenvalue weighted by atomic mass is 9.61. The van der Waals surface area contributed by atoms with Gasteiger partial charge in [0.05, 0.1) is 0 Å². The Balaban J connectivity index is 2.24. The maximum atomic E-state index is 11.0. The van der Waals surface area contributed by atoms with E-state index in [1.807, 2.05) is 0 Å². The van der Waals surface area contributed by atoms with Crippen LogP contribution in [0.1, 0.15) is 46.0 Å². The summed E-state index contributed by atoms with van der Waals surface area (Å²) in [5, 5.41) is 0. The standard InChI is InChI=1S/C14H22O/c1-10-5-4-8-14(3)12(10)6-7-13(14)11(2)9-15/h9,11-13H,1,4-8H2,2-3H3/t11-,12?,13+,14-/m0/s1. The average molecular weight is 206 g/mol. The number of fused-ring (bicyclic) bond motifs is 1. The van der Waals surface area contributed by atoms with Crippen molar-refractivity contribution in [2.24, 2.45) is 23.2 Å². The van der Waals surface area contributed by atoms with Crippen molar-refractivity contribution in [3.63, 3.8) is 0 Å². The van der Waals surface area contributed by atoms with Crippen LogP contribution in [0.2, 0.25) is 0 Å². The van der Waals surface area contributed by atoms with Gasteiger partial charge in [-0.05, 0) is 49.4 Å². The molecule has 0 heterocycles. The van der Waals surface area contributed by atoms with Crippen LogP contribution < -0.4 is 0 Å². The summed E-state index contributed by atoms with van der Waals surface area (Å²) in [6, 6.07) is 0. The van der Waals surface area contributed by atoms with E-state index >= 15 is 0 Å². The quantitative estimate of drug-likeness (QED) is 0.498. The predicted octanol–water partition coefficient (Wildman–Crippen LogP) is 3.59. The number of hydrogen-bond acceptors (Lipinski definition) is 1. The number of aldehydes is 1. The molecule has 15 heavy (non-hydrogen) atoms. The fourth-order valence-electron chi connectivity index (χ4n) is 4.12. The fraction of sp³-hybridized carbons (Fsp3) is 0.786. The molecule has 0 aromatic rings. The number of allylic oxidation sites excluding steroid dienone is 1. The van der Waals surface area contributed by atoms with Gasteiger partial charge in [-0.3, -0.25) is 0 Å². The van der Waals surface area contributed by atoms with Crippen molar-refractivity contribution in [1.29, 1.82) is 0 Å². The molecule has 4 atom stereocenters. The Bertz CT molecular complexity index is 281. The number of carbonyl (C=O) groups excluding carboxylic acids is 1. The van der Waals surface area contributed by atoms with Gasteiger partial charge in [0.25, 0.3) is 0 Å². The number of carbonyl (C=O) groups is 1. The molecule has 0 N–H and O–H groups in total. The molecule has 2 saturated carbocycles. The van der Waals surface area contributed by atoms with Gasteiger partial charge in [0.1, 0.15) is 6.29 Å². The van der Waals surface area contributed by atoms with Crippen LogP contribution in [-0.4, -0.2) is 6.29 Å². The van der Waals surface area contributed by atoms with Gasteiger partial charge in [-0.15, -0.1) is 0 Å². The third-order valence-electron chi connectivity index (χ3n) is 4.96. The van der Waals surface area contributed by atoms with E-state index in [2.05, 4.69) is 20.4 Å². The molecule has 2 fully saturated rings. The molecule has 1 unspecified atom stereocenters. The molecular weight excluding hydrogens is 184 g/mol. The van der Waals surface area contributed by atoms with E-state index in [1.165, 1.54) is 37.7 Å². The molecule has 0 aromatic heterocycles. The first-order valence-corrected chi connectivity index (χ1v) is 6.22. The molecule has 2 aliphatic carbocycles. The molecule has 1 heteroatoms. The summed E-state index contributed by atoms with van der Waals surface area (Å²) < 4.78 is 0. The van der Waals surface area contributed by atoms with E-state index in [4.69, 9.17) is 0 Å². The van der Waals surface area contributed by atoms with Crippen molar-refractivity contribution in [3.05, 3.63) is 12.2 Å². The van der Waals surface area contributed by atoms with Crippen molar-refractivity contribution in [1.82, 2.24) is 0 Å². The minimum absolute atomic E-state index is 0.228. The van der Waals surface area contributed by atoms with Crippen LogP contribution in [0.15, 0.2) is 12.2 Å². The zero-order valence-corrected chi connectivity index (χ0v) is 9.96. The molecule has 0 amide bonds. The van der Waals surface area contributed by atoms with Crippen molar-refractivity contribution in [3.8, 4) is 0 Å². The maximum absolute atomic E-state index is 11.0. The van der Waals surface area contributed by atoms with E-state index in [1.54, 1.807) is 0 Å². The third-order valence-corrected chi connectivity index (χ3v) is 4.96.